The van der Waals surface area contributed by atoms with E-state index in [2.05, 4.69) is 5.32 Å². The zero-order valence-corrected chi connectivity index (χ0v) is 13.4. The Kier molecular flexibility index (Phi) is 5.16. The molecule has 2 amide bonds. The number of carbonyl (C=O) groups is 1. The van der Waals surface area contributed by atoms with Gasteiger partial charge in [0.25, 0.3) is 0 Å². The second-order valence-electron chi connectivity index (χ2n) is 6.67. The minimum Gasteiger partial charge on any atom is -0.394 e. The van der Waals surface area contributed by atoms with Gasteiger partial charge in [0.2, 0.25) is 0 Å². The highest BCUT2D eigenvalue weighted by Gasteiger charge is 2.33. The van der Waals surface area contributed by atoms with Gasteiger partial charge in [0.15, 0.2) is 0 Å². The number of benzene rings is 1. The van der Waals surface area contributed by atoms with Gasteiger partial charge in [0.05, 0.1) is 18.7 Å². The van der Waals surface area contributed by atoms with Gasteiger partial charge in [0, 0.05) is 12.1 Å². The quantitative estimate of drug-likeness (QED) is 0.895. The van der Waals surface area contributed by atoms with Crippen LogP contribution in [0.3, 0.4) is 0 Å². The summed E-state index contributed by atoms with van der Waals surface area (Å²) in [6.45, 7) is 0.646. The van der Waals surface area contributed by atoms with Gasteiger partial charge in [-0.15, -0.1) is 0 Å². The number of halogens is 1. The molecule has 5 heteroatoms. The molecule has 2 fully saturated rings. The molecule has 4 nitrogen and oxygen atoms in total. The Morgan fingerprint density at radius 1 is 1.26 bits per heavy atom. The third kappa shape index (κ3) is 3.50. The number of likely N-dealkylation sites (tertiary alicyclic amines) is 1. The fourth-order valence-electron chi connectivity index (χ4n) is 3.98. The average molecular weight is 320 g/mol. The molecule has 23 heavy (non-hydrogen) atoms. The molecule has 0 aromatic heterocycles. The lowest BCUT2D eigenvalue weighted by atomic mass is 9.91. The lowest BCUT2D eigenvalue weighted by molar-refractivity contribution is 0.151. The van der Waals surface area contributed by atoms with E-state index in [0.29, 0.717) is 12.1 Å². The topological polar surface area (TPSA) is 52.6 Å². The van der Waals surface area contributed by atoms with E-state index in [1.54, 1.807) is 17.0 Å². The number of carbonyl (C=O) groups excluding carboxylic acids is 1. The molecule has 1 aliphatic carbocycles. The highest BCUT2D eigenvalue weighted by atomic mass is 19.1. The Morgan fingerprint density at radius 3 is 2.70 bits per heavy atom. The molecule has 1 aromatic rings. The van der Waals surface area contributed by atoms with Crippen LogP contribution in [0, 0.1) is 11.7 Å². The molecular formula is C18H25FN2O2. The second kappa shape index (κ2) is 7.30. The van der Waals surface area contributed by atoms with Gasteiger partial charge in [-0.3, -0.25) is 0 Å². The second-order valence-corrected chi connectivity index (χ2v) is 6.67. The molecule has 1 saturated carbocycles. The monoisotopic (exact) mass is 320 g/mol. The summed E-state index contributed by atoms with van der Waals surface area (Å²) >= 11 is 0. The summed E-state index contributed by atoms with van der Waals surface area (Å²) in [5.41, 5.74) is 0.576. The van der Waals surface area contributed by atoms with Crippen LogP contribution in [0.1, 0.15) is 50.1 Å². The van der Waals surface area contributed by atoms with Crippen molar-refractivity contribution in [2.75, 3.05) is 13.2 Å². The molecule has 2 N–H and O–H groups in total. The number of rotatable bonds is 4. The first-order chi connectivity index (χ1) is 11.2. The maximum absolute atomic E-state index is 14.3. The standard InChI is InChI=1S/C18H25FN2O2/c19-16-10-4-3-9-15(16)17(13-6-1-2-7-13)20-18(23)21-11-5-8-14(21)12-22/h3-4,9-10,13-14,17,22H,1-2,5-8,11-12H2,(H,20,23). The fourth-order valence-corrected chi connectivity index (χ4v) is 3.98. The Hall–Kier alpha value is -1.62. The van der Waals surface area contributed by atoms with Crippen molar-refractivity contribution < 1.29 is 14.3 Å². The molecular weight excluding hydrogens is 295 g/mol. The number of nitrogens with zero attached hydrogens (tertiary/aromatic N) is 1. The Bertz CT molecular complexity index is 546. The molecule has 1 saturated heterocycles. The number of hydrogen-bond donors (Lipinski definition) is 2. The largest absolute Gasteiger partial charge is 0.394 e. The van der Waals surface area contributed by atoms with E-state index in [9.17, 15) is 14.3 Å². The maximum atomic E-state index is 14.3. The normalized spacial score (nSPS) is 23.2. The van der Waals surface area contributed by atoms with Gasteiger partial charge < -0.3 is 15.3 Å². The molecule has 126 valence electrons. The predicted octanol–water partition coefficient (Wildman–Crippen LogP) is 3.22. The summed E-state index contributed by atoms with van der Waals surface area (Å²) in [7, 11) is 0. The number of amides is 2. The maximum Gasteiger partial charge on any atom is 0.318 e. The number of urea groups is 1. The van der Waals surface area contributed by atoms with E-state index < -0.39 is 0 Å². The van der Waals surface area contributed by atoms with Crippen molar-refractivity contribution in [3.05, 3.63) is 35.6 Å². The van der Waals surface area contributed by atoms with E-state index in [1.165, 1.54) is 6.07 Å². The predicted molar refractivity (Wildman–Crippen MR) is 86.4 cm³/mol. The van der Waals surface area contributed by atoms with E-state index >= 15 is 0 Å². The highest BCUT2D eigenvalue weighted by molar-refractivity contribution is 5.75. The van der Waals surface area contributed by atoms with Gasteiger partial charge in [-0.25, -0.2) is 9.18 Å². The summed E-state index contributed by atoms with van der Waals surface area (Å²) < 4.78 is 14.3. The smallest absolute Gasteiger partial charge is 0.318 e. The van der Waals surface area contributed by atoms with Crippen LogP contribution in [0.4, 0.5) is 9.18 Å². The molecule has 3 rings (SSSR count). The number of nitrogens with one attached hydrogen (secondary N) is 1. The minimum atomic E-state index is -0.286. The highest BCUT2D eigenvalue weighted by Crippen LogP contribution is 2.37. The third-order valence-corrected chi connectivity index (χ3v) is 5.24. The fraction of sp³-hybridized carbons (Fsp3) is 0.611. The molecule has 0 radical (unpaired) electrons. The lowest BCUT2D eigenvalue weighted by Crippen LogP contribution is -2.46. The molecule has 0 spiro atoms. The van der Waals surface area contributed by atoms with Gasteiger partial charge >= 0.3 is 6.03 Å². The first-order valence-electron chi connectivity index (χ1n) is 8.63. The van der Waals surface area contributed by atoms with E-state index in [4.69, 9.17) is 0 Å². The van der Waals surface area contributed by atoms with E-state index in [0.717, 1.165) is 38.5 Å². The van der Waals surface area contributed by atoms with Crippen LogP contribution in [0.2, 0.25) is 0 Å². The van der Waals surface area contributed by atoms with Crippen LogP contribution in [-0.2, 0) is 0 Å². The van der Waals surface area contributed by atoms with Crippen molar-refractivity contribution in [2.24, 2.45) is 5.92 Å². The minimum absolute atomic E-state index is 0.0127. The SMILES string of the molecule is O=C(NC(c1ccccc1F)C1CCCC1)N1CCCC1CO. The van der Waals surface area contributed by atoms with Crippen LogP contribution < -0.4 is 5.32 Å². The van der Waals surface area contributed by atoms with Crippen molar-refractivity contribution in [1.29, 1.82) is 0 Å². The van der Waals surface area contributed by atoms with E-state index in [1.807, 2.05) is 6.07 Å². The summed E-state index contributed by atoms with van der Waals surface area (Å²) in [5, 5.41) is 12.5. The molecule has 2 unspecified atom stereocenters. The zero-order chi connectivity index (χ0) is 16.2. The summed E-state index contributed by atoms with van der Waals surface area (Å²) in [5.74, 6) is 0.0239. The summed E-state index contributed by atoms with van der Waals surface area (Å²) in [4.78, 5) is 14.3. The van der Waals surface area contributed by atoms with Crippen LogP contribution in [0.5, 0.6) is 0 Å². The first-order valence-corrected chi connectivity index (χ1v) is 8.63. The number of aliphatic hydroxyl groups excluding tert-OH is 1. The van der Waals surface area contributed by atoms with Crippen LogP contribution in [-0.4, -0.2) is 35.2 Å². The Morgan fingerprint density at radius 2 is 2.00 bits per heavy atom. The molecule has 0 bridgehead atoms. The molecule has 1 aromatic carbocycles. The van der Waals surface area contributed by atoms with Crippen molar-refractivity contribution in [2.45, 2.75) is 50.6 Å². The van der Waals surface area contributed by atoms with Crippen molar-refractivity contribution in [1.82, 2.24) is 10.2 Å². The summed E-state index contributed by atoms with van der Waals surface area (Å²) in [6, 6.07) is 6.14. The first kappa shape index (κ1) is 16.2. The summed E-state index contributed by atoms with van der Waals surface area (Å²) in [6.07, 6.45) is 6.04. The third-order valence-electron chi connectivity index (χ3n) is 5.24. The number of hydrogen-bond acceptors (Lipinski definition) is 2. The molecule has 1 heterocycles. The lowest BCUT2D eigenvalue weighted by Gasteiger charge is -2.30. The Labute approximate surface area is 136 Å². The van der Waals surface area contributed by atoms with Gasteiger partial charge in [0.1, 0.15) is 5.82 Å². The molecule has 2 aliphatic rings. The molecule has 2 atom stereocenters. The average Bonchev–Trinajstić information content (AvgIpc) is 3.24. The zero-order valence-electron chi connectivity index (χ0n) is 13.4. The number of aliphatic hydroxyl groups is 1. The van der Waals surface area contributed by atoms with Crippen LogP contribution in [0.25, 0.3) is 0 Å². The van der Waals surface area contributed by atoms with Gasteiger partial charge in [-0.05, 0) is 37.7 Å². The van der Waals surface area contributed by atoms with Crippen molar-refractivity contribution in [3.8, 4) is 0 Å². The molecule has 1 aliphatic heterocycles. The van der Waals surface area contributed by atoms with Crippen molar-refractivity contribution >= 4 is 6.03 Å². The van der Waals surface area contributed by atoms with Crippen LogP contribution in [0.15, 0.2) is 24.3 Å². The van der Waals surface area contributed by atoms with Crippen molar-refractivity contribution in [3.63, 3.8) is 0 Å². The van der Waals surface area contributed by atoms with E-state index in [-0.39, 0.29) is 36.5 Å². The van der Waals surface area contributed by atoms with Crippen LogP contribution >= 0.6 is 0 Å². The van der Waals surface area contributed by atoms with Gasteiger partial charge in [-0.2, -0.15) is 0 Å². The Balaban J connectivity index is 1.79. The van der Waals surface area contributed by atoms with Gasteiger partial charge in [-0.1, -0.05) is 31.0 Å².